The number of nitrogens with one attached hydrogen (secondary N) is 2. The standard InChI is InChI=1S/C17H14F3N3O7S2/c1-10(24)21-11-3-2-4-12(7-11)22-16(25)9-31(28)15-6-5-13(8-14(15)23(26)27)32(29,30)17(18,19)20/h2-8H,9H2,1H3,(H,21,24)(H,22,25). The van der Waals surface area contributed by atoms with E-state index < -0.39 is 58.2 Å². The van der Waals surface area contributed by atoms with Crippen molar-refractivity contribution >= 4 is 49.5 Å². The van der Waals surface area contributed by atoms with Crippen LogP contribution in [0.1, 0.15) is 6.92 Å². The number of hydrogen-bond donors (Lipinski definition) is 2. The highest BCUT2D eigenvalue weighted by Gasteiger charge is 2.47. The summed E-state index contributed by atoms with van der Waals surface area (Å²) < 4.78 is 73.5. The normalized spacial score (nSPS) is 12.6. The van der Waals surface area contributed by atoms with Crippen molar-refractivity contribution < 1.29 is 40.3 Å². The van der Waals surface area contributed by atoms with Crippen LogP contribution in [0.15, 0.2) is 52.3 Å². The highest BCUT2D eigenvalue weighted by Crippen LogP contribution is 2.34. The van der Waals surface area contributed by atoms with Gasteiger partial charge in [0, 0.05) is 24.4 Å². The van der Waals surface area contributed by atoms with Gasteiger partial charge in [-0.2, -0.15) is 13.2 Å². The molecule has 0 fully saturated rings. The summed E-state index contributed by atoms with van der Waals surface area (Å²) in [4.78, 5) is 31.2. The first-order valence-electron chi connectivity index (χ1n) is 8.38. The van der Waals surface area contributed by atoms with Crippen LogP contribution >= 0.6 is 0 Å². The lowest BCUT2D eigenvalue weighted by Gasteiger charge is -2.10. The van der Waals surface area contributed by atoms with E-state index in [0.717, 1.165) is 0 Å². The minimum Gasteiger partial charge on any atom is -0.326 e. The Morgan fingerprint density at radius 3 is 2.22 bits per heavy atom. The molecule has 0 aliphatic rings. The Morgan fingerprint density at radius 1 is 1.09 bits per heavy atom. The molecule has 2 rings (SSSR count). The van der Waals surface area contributed by atoms with Gasteiger partial charge in [-0.1, -0.05) is 6.07 Å². The molecular weight excluding hydrogens is 479 g/mol. The summed E-state index contributed by atoms with van der Waals surface area (Å²) in [5, 5.41) is 16.1. The van der Waals surface area contributed by atoms with E-state index in [0.29, 0.717) is 17.8 Å². The molecule has 0 heterocycles. The van der Waals surface area contributed by atoms with E-state index in [1.54, 1.807) is 0 Å². The van der Waals surface area contributed by atoms with Crippen LogP contribution in [-0.2, 0) is 30.2 Å². The summed E-state index contributed by atoms with van der Waals surface area (Å²) in [5.74, 6) is -2.03. The van der Waals surface area contributed by atoms with Gasteiger partial charge in [-0.05, 0) is 30.3 Å². The Labute approximate surface area is 181 Å². The summed E-state index contributed by atoms with van der Waals surface area (Å²) in [7, 11) is -8.25. The zero-order valence-corrected chi connectivity index (χ0v) is 17.6. The van der Waals surface area contributed by atoms with Crippen molar-refractivity contribution in [1.29, 1.82) is 0 Å². The molecular formula is C17H14F3N3O7S2. The van der Waals surface area contributed by atoms with Gasteiger partial charge in [-0.15, -0.1) is 0 Å². The van der Waals surface area contributed by atoms with Crippen molar-refractivity contribution in [3.05, 3.63) is 52.6 Å². The second kappa shape index (κ2) is 9.44. The van der Waals surface area contributed by atoms with Crippen molar-refractivity contribution in [2.75, 3.05) is 16.4 Å². The Bertz CT molecular complexity index is 1210. The number of hydrogen-bond acceptors (Lipinski definition) is 7. The van der Waals surface area contributed by atoms with E-state index in [2.05, 4.69) is 10.6 Å². The van der Waals surface area contributed by atoms with Crippen LogP contribution < -0.4 is 10.6 Å². The second-order valence-corrected chi connectivity index (χ2v) is 9.50. The maximum absolute atomic E-state index is 12.7. The molecule has 0 aromatic heterocycles. The molecule has 0 aliphatic carbocycles. The predicted molar refractivity (Wildman–Crippen MR) is 107 cm³/mol. The fourth-order valence-electron chi connectivity index (χ4n) is 2.41. The van der Waals surface area contributed by atoms with E-state index in [4.69, 9.17) is 0 Å². The van der Waals surface area contributed by atoms with Crippen LogP contribution in [0.2, 0.25) is 0 Å². The summed E-state index contributed by atoms with van der Waals surface area (Å²) in [6.07, 6.45) is 0. The van der Waals surface area contributed by atoms with Crippen molar-refractivity contribution in [2.45, 2.75) is 22.2 Å². The van der Waals surface area contributed by atoms with Gasteiger partial charge in [0.15, 0.2) is 0 Å². The zero-order valence-electron chi connectivity index (χ0n) is 16.0. The number of nitro groups is 1. The minimum atomic E-state index is -5.86. The molecule has 0 spiro atoms. The summed E-state index contributed by atoms with van der Waals surface area (Å²) in [5.41, 5.74) is -6.27. The Hall–Kier alpha value is -3.33. The Kier molecular flexibility index (Phi) is 7.35. The molecule has 15 heteroatoms. The quantitative estimate of drug-likeness (QED) is 0.444. The van der Waals surface area contributed by atoms with Crippen LogP contribution in [0.25, 0.3) is 0 Å². The first-order valence-corrected chi connectivity index (χ1v) is 11.2. The van der Waals surface area contributed by atoms with Gasteiger partial charge < -0.3 is 10.6 Å². The fraction of sp³-hybridized carbons (Fsp3) is 0.176. The summed E-state index contributed by atoms with van der Waals surface area (Å²) >= 11 is 0. The predicted octanol–water partition coefficient (Wildman–Crippen LogP) is 2.59. The van der Waals surface area contributed by atoms with Gasteiger partial charge >= 0.3 is 5.51 Å². The molecule has 0 saturated carbocycles. The average Bonchev–Trinajstić information content (AvgIpc) is 2.66. The number of anilines is 2. The zero-order chi connectivity index (χ0) is 24.3. The molecule has 0 bridgehead atoms. The lowest BCUT2D eigenvalue weighted by atomic mass is 10.2. The number of benzene rings is 2. The van der Waals surface area contributed by atoms with Crippen molar-refractivity contribution in [3.8, 4) is 0 Å². The number of nitro benzene ring substituents is 1. The van der Waals surface area contributed by atoms with E-state index in [9.17, 15) is 45.5 Å². The lowest BCUT2D eigenvalue weighted by Crippen LogP contribution is -2.23. The van der Waals surface area contributed by atoms with E-state index >= 15 is 0 Å². The Morgan fingerprint density at radius 2 is 1.69 bits per heavy atom. The summed E-state index contributed by atoms with van der Waals surface area (Å²) in [6.45, 7) is 1.27. The number of halogens is 3. The molecule has 1 atom stereocenters. The molecule has 2 aromatic carbocycles. The number of alkyl halides is 3. The van der Waals surface area contributed by atoms with Gasteiger partial charge in [-0.3, -0.25) is 23.9 Å². The smallest absolute Gasteiger partial charge is 0.326 e. The number of nitrogens with zero attached hydrogens (tertiary/aromatic N) is 1. The summed E-state index contributed by atoms with van der Waals surface area (Å²) in [6, 6.07) is 7.05. The number of carbonyl (C=O) groups excluding carboxylic acids is 2. The minimum absolute atomic E-state index is 0.144. The van der Waals surface area contributed by atoms with Crippen LogP contribution in [-0.4, -0.2) is 40.6 Å². The molecule has 32 heavy (non-hydrogen) atoms. The molecule has 0 saturated heterocycles. The molecule has 2 amide bonds. The van der Waals surface area contributed by atoms with Crippen LogP contribution in [0.3, 0.4) is 0 Å². The van der Waals surface area contributed by atoms with Crippen LogP contribution in [0, 0.1) is 10.1 Å². The second-order valence-electron chi connectivity index (χ2n) is 6.14. The largest absolute Gasteiger partial charge is 0.501 e. The highest BCUT2D eigenvalue weighted by molar-refractivity contribution is 7.92. The number of amides is 2. The molecule has 2 N–H and O–H groups in total. The third-order valence-corrected chi connectivity index (χ3v) is 6.56. The maximum atomic E-state index is 12.7. The monoisotopic (exact) mass is 493 g/mol. The molecule has 2 aromatic rings. The van der Waals surface area contributed by atoms with Gasteiger partial charge in [0.05, 0.1) is 20.6 Å². The van der Waals surface area contributed by atoms with Gasteiger partial charge in [0.2, 0.25) is 11.8 Å². The maximum Gasteiger partial charge on any atom is 0.501 e. The number of carbonyl (C=O) groups is 2. The topological polar surface area (TPSA) is 153 Å². The van der Waals surface area contributed by atoms with E-state index in [1.807, 2.05) is 0 Å². The van der Waals surface area contributed by atoms with Gasteiger partial charge in [0.25, 0.3) is 15.5 Å². The Balaban J connectivity index is 2.25. The highest BCUT2D eigenvalue weighted by atomic mass is 32.2. The fourth-order valence-corrected chi connectivity index (χ4v) is 4.24. The molecule has 10 nitrogen and oxygen atoms in total. The van der Waals surface area contributed by atoms with Crippen LogP contribution in [0.4, 0.5) is 30.2 Å². The molecule has 0 radical (unpaired) electrons. The third kappa shape index (κ3) is 5.88. The number of rotatable bonds is 7. The van der Waals surface area contributed by atoms with E-state index in [-0.39, 0.29) is 17.7 Å². The molecule has 0 aliphatic heterocycles. The first-order chi connectivity index (χ1) is 14.7. The third-order valence-electron chi connectivity index (χ3n) is 3.72. The lowest BCUT2D eigenvalue weighted by molar-refractivity contribution is -0.388. The van der Waals surface area contributed by atoms with Gasteiger partial charge in [-0.25, -0.2) is 8.42 Å². The van der Waals surface area contributed by atoms with Crippen molar-refractivity contribution in [2.24, 2.45) is 0 Å². The molecule has 1 unspecified atom stereocenters. The van der Waals surface area contributed by atoms with E-state index in [1.165, 1.54) is 31.2 Å². The molecule has 172 valence electrons. The average molecular weight is 493 g/mol. The van der Waals surface area contributed by atoms with Crippen molar-refractivity contribution in [3.63, 3.8) is 0 Å². The number of sulfone groups is 1. The SMILES string of the molecule is CC(=O)Nc1cccc(NC(=O)CS(=O)c2ccc(S(=O)(=O)C(F)(F)F)cc2[N+](=O)[O-])c1. The van der Waals surface area contributed by atoms with Gasteiger partial charge in [0.1, 0.15) is 10.6 Å². The first kappa shape index (κ1) is 24.9. The van der Waals surface area contributed by atoms with Crippen LogP contribution in [0.5, 0.6) is 0 Å². The van der Waals surface area contributed by atoms with Crippen molar-refractivity contribution in [1.82, 2.24) is 0 Å².